The molecule has 2 N–H and O–H groups in total. The standard InChI is InChI=1S/C10H15N5/c1-7-8(2)14-15-10(9(7)6-11)13-5-4-12-3/h12H,4-5H2,1-3H3,(H,13,15). The molecule has 5 heteroatoms. The van der Waals surface area contributed by atoms with E-state index in [1.165, 1.54) is 0 Å². The zero-order chi connectivity index (χ0) is 11.3. The third-order valence-corrected chi connectivity index (χ3v) is 2.23. The van der Waals surface area contributed by atoms with Crippen LogP contribution in [0.25, 0.3) is 0 Å². The second-order valence-electron chi connectivity index (χ2n) is 3.28. The van der Waals surface area contributed by atoms with Gasteiger partial charge >= 0.3 is 0 Å². The molecule has 80 valence electrons. The summed E-state index contributed by atoms with van der Waals surface area (Å²) in [6, 6.07) is 2.15. The van der Waals surface area contributed by atoms with E-state index in [4.69, 9.17) is 5.26 Å². The molecule has 0 unspecified atom stereocenters. The van der Waals surface area contributed by atoms with Crippen molar-refractivity contribution in [3.63, 3.8) is 0 Å². The summed E-state index contributed by atoms with van der Waals surface area (Å²) in [5, 5.41) is 23.0. The molecule has 1 heterocycles. The topological polar surface area (TPSA) is 73.6 Å². The normalized spacial score (nSPS) is 9.73. The van der Waals surface area contributed by atoms with Crippen LogP contribution in [0, 0.1) is 25.2 Å². The highest BCUT2D eigenvalue weighted by molar-refractivity contribution is 5.55. The molecule has 0 amide bonds. The molecule has 1 aromatic rings. The zero-order valence-corrected chi connectivity index (χ0v) is 9.26. The average molecular weight is 205 g/mol. The minimum Gasteiger partial charge on any atom is -0.366 e. The summed E-state index contributed by atoms with van der Waals surface area (Å²) in [6.07, 6.45) is 0. The summed E-state index contributed by atoms with van der Waals surface area (Å²) >= 11 is 0. The lowest BCUT2D eigenvalue weighted by Gasteiger charge is -2.08. The Hall–Kier alpha value is -1.67. The molecule has 0 radical (unpaired) electrons. The van der Waals surface area contributed by atoms with Crippen molar-refractivity contribution >= 4 is 5.82 Å². The summed E-state index contributed by atoms with van der Waals surface area (Å²) < 4.78 is 0. The van der Waals surface area contributed by atoms with Crippen molar-refractivity contribution in [2.75, 3.05) is 25.5 Å². The van der Waals surface area contributed by atoms with Crippen LogP contribution in [0.5, 0.6) is 0 Å². The monoisotopic (exact) mass is 205 g/mol. The maximum Gasteiger partial charge on any atom is 0.166 e. The van der Waals surface area contributed by atoms with E-state index in [2.05, 4.69) is 26.9 Å². The number of anilines is 1. The number of aromatic nitrogens is 2. The van der Waals surface area contributed by atoms with Crippen LogP contribution < -0.4 is 10.6 Å². The van der Waals surface area contributed by atoms with E-state index in [1.807, 2.05) is 20.9 Å². The highest BCUT2D eigenvalue weighted by atomic mass is 15.2. The molecule has 15 heavy (non-hydrogen) atoms. The Morgan fingerprint density at radius 3 is 2.60 bits per heavy atom. The predicted molar refractivity (Wildman–Crippen MR) is 58.6 cm³/mol. The van der Waals surface area contributed by atoms with Crippen LogP contribution in [0.4, 0.5) is 5.82 Å². The van der Waals surface area contributed by atoms with Gasteiger partial charge in [0.25, 0.3) is 0 Å². The van der Waals surface area contributed by atoms with Gasteiger partial charge in [-0.2, -0.15) is 10.4 Å². The minimum atomic E-state index is 0.566. The van der Waals surface area contributed by atoms with Crippen LogP contribution in [0.1, 0.15) is 16.8 Å². The molecule has 0 aliphatic rings. The predicted octanol–water partition coefficient (Wildman–Crippen LogP) is 0.596. The number of hydrogen-bond acceptors (Lipinski definition) is 5. The van der Waals surface area contributed by atoms with Gasteiger partial charge < -0.3 is 10.6 Å². The number of aryl methyl sites for hydroxylation is 1. The van der Waals surface area contributed by atoms with Gasteiger partial charge in [0.2, 0.25) is 0 Å². The molecule has 0 aliphatic carbocycles. The number of hydrogen-bond donors (Lipinski definition) is 2. The zero-order valence-electron chi connectivity index (χ0n) is 9.26. The summed E-state index contributed by atoms with van der Waals surface area (Å²) in [5.74, 6) is 0.566. The van der Waals surface area contributed by atoms with Crippen LogP contribution >= 0.6 is 0 Å². The smallest absolute Gasteiger partial charge is 0.166 e. The molecule has 0 spiro atoms. The molecule has 1 aromatic heterocycles. The van der Waals surface area contributed by atoms with E-state index < -0.39 is 0 Å². The fourth-order valence-corrected chi connectivity index (χ4v) is 1.17. The maximum atomic E-state index is 9.01. The van der Waals surface area contributed by atoms with Crippen molar-refractivity contribution in [1.82, 2.24) is 15.5 Å². The number of nitrogens with zero attached hydrogens (tertiary/aromatic N) is 3. The number of nitriles is 1. The van der Waals surface area contributed by atoms with Crippen molar-refractivity contribution in [3.05, 3.63) is 16.8 Å². The fraction of sp³-hybridized carbons (Fsp3) is 0.500. The molecule has 5 nitrogen and oxygen atoms in total. The maximum absolute atomic E-state index is 9.01. The van der Waals surface area contributed by atoms with Crippen LogP contribution in [-0.2, 0) is 0 Å². The summed E-state index contributed by atoms with van der Waals surface area (Å²) in [5.41, 5.74) is 2.27. The van der Waals surface area contributed by atoms with Crippen molar-refractivity contribution < 1.29 is 0 Å². The van der Waals surface area contributed by atoms with Gasteiger partial charge in [-0.3, -0.25) is 0 Å². The first-order valence-electron chi connectivity index (χ1n) is 4.83. The largest absolute Gasteiger partial charge is 0.366 e. The van der Waals surface area contributed by atoms with E-state index >= 15 is 0 Å². The lowest BCUT2D eigenvalue weighted by atomic mass is 10.1. The second-order valence-corrected chi connectivity index (χ2v) is 3.28. The third kappa shape index (κ3) is 2.64. The van der Waals surface area contributed by atoms with E-state index in [1.54, 1.807) is 0 Å². The number of likely N-dealkylation sites (N-methyl/N-ethyl adjacent to an activating group) is 1. The van der Waals surface area contributed by atoms with Crippen molar-refractivity contribution in [2.24, 2.45) is 0 Å². The molecular weight excluding hydrogens is 190 g/mol. The fourth-order valence-electron chi connectivity index (χ4n) is 1.17. The van der Waals surface area contributed by atoms with Crippen molar-refractivity contribution in [1.29, 1.82) is 5.26 Å². The van der Waals surface area contributed by atoms with Gasteiger partial charge in [-0.1, -0.05) is 0 Å². The van der Waals surface area contributed by atoms with Crippen LogP contribution in [0.15, 0.2) is 0 Å². The number of rotatable bonds is 4. The average Bonchev–Trinajstić information content (AvgIpc) is 2.24. The molecule has 0 saturated heterocycles. The van der Waals surface area contributed by atoms with Crippen LogP contribution in [0.2, 0.25) is 0 Å². The molecule has 0 saturated carbocycles. The van der Waals surface area contributed by atoms with Gasteiger partial charge in [-0.25, -0.2) is 0 Å². The molecule has 1 rings (SSSR count). The Balaban J connectivity index is 2.89. The van der Waals surface area contributed by atoms with E-state index in [-0.39, 0.29) is 0 Å². The Bertz CT molecular complexity index is 380. The Kier molecular flexibility index (Phi) is 4.01. The molecule has 0 aliphatic heterocycles. The summed E-state index contributed by atoms with van der Waals surface area (Å²) in [7, 11) is 1.87. The Morgan fingerprint density at radius 1 is 1.27 bits per heavy atom. The first-order chi connectivity index (χ1) is 7.20. The number of nitrogens with one attached hydrogen (secondary N) is 2. The minimum absolute atomic E-state index is 0.566. The van der Waals surface area contributed by atoms with Gasteiger partial charge in [0.05, 0.1) is 5.69 Å². The van der Waals surface area contributed by atoms with Gasteiger partial charge in [0.1, 0.15) is 11.6 Å². The Labute approximate surface area is 89.5 Å². The first kappa shape index (κ1) is 11.4. The molecule has 0 atom stereocenters. The quantitative estimate of drug-likeness (QED) is 0.704. The van der Waals surface area contributed by atoms with Crippen molar-refractivity contribution in [3.8, 4) is 6.07 Å². The lowest BCUT2D eigenvalue weighted by molar-refractivity contribution is 0.816. The van der Waals surface area contributed by atoms with E-state index in [0.29, 0.717) is 11.4 Å². The van der Waals surface area contributed by atoms with Gasteiger partial charge in [-0.15, -0.1) is 5.10 Å². The SMILES string of the molecule is CNCCNc1nnc(C)c(C)c1C#N. The first-order valence-corrected chi connectivity index (χ1v) is 4.83. The van der Waals surface area contributed by atoms with Crippen molar-refractivity contribution in [2.45, 2.75) is 13.8 Å². The second kappa shape index (κ2) is 5.27. The highest BCUT2D eigenvalue weighted by Gasteiger charge is 2.09. The van der Waals surface area contributed by atoms with Gasteiger partial charge in [0.15, 0.2) is 5.82 Å². The molecule has 0 aromatic carbocycles. The molecule has 0 bridgehead atoms. The van der Waals surface area contributed by atoms with Gasteiger partial charge in [-0.05, 0) is 26.5 Å². The molecule has 0 fully saturated rings. The lowest BCUT2D eigenvalue weighted by Crippen LogP contribution is -2.19. The summed E-state index contributed by atoms with van der Waals surface area (Å²) in [6.45, 7) is 5.27. The van der Waals surface area contributed by atoms with E-state index in [0.717, 1.165) is 24.3 Å². The Morgan fingerprint density at radius 2 is 2.00 bits per heavy atom. The summed E-state index contributed by atoms with van der Waals surface area (Å²) in [4.78, 5) is 0. The third-order valence-electron chi connectivity index (χ3n) is 2.23. The highest BCUT2D eigenvalue weighted by Crippen LogP contribution is 2.16. The van der Waals surface area contributed by atoms with Crippen LogP contribution in [0.3, 0.4) is 0 Å². The van der Waals surface area contributed by atoms with Gasteiger partial charge in [0, 0.05) is 13.1 Å². The van der Waals surface area contributed by atoms with Crippen LogP contribution in [-0.4, -0.2) is 30.3 Å². The van der Waals surface area contributed by atoms with E-state index in [9.17, 15) is 0 Å². The molecular formula is C10H15N5.